The number of amides is 1. The number of aryl methyl sites for hydroxylation is 1. The zero-order valence-corrected chi connectivity index (χ0v) is 12.5. The third-order valence-corrected chi connectivity index (χ3v) is 3.51. The lowest BCUT2D eigenvalue weighted by molar-refractivity contribution is -0.140. The maximum atomic E-state index is 12.1. The topological polar surface area (TPSA) is 66.4 Å². The van der Waals surface area contributed by atoms with E-state index in [9.17, 15) is 14.7 Å². The molecule has 4 nitrogen and oxygen atoms in total. The molecule has 0 fully saturated rings. The van der Waals surface area contributed by atoms with Crippen molar-refractivity contribution in [2.24, 2.45) is 0 Å². The second-order valence-electron chi connectivity index (χ2n) is 5.11. The number of nitrogens with one attached hydrogen (secondary N) is 1. The molecule has 0 saturated carbocycles. The summed E-state index contributed by atoms with van der Waals surface area (Å²) in [4.78, 5) is 23.5. The van der Waals surface area contributed by atoms with Crippen LogP contribution >= 0.6 is 0 Å². The summed E-state index contributed by atoms with van der Waals surface area (Å²) >= 11 is 0. The van der Waals surface area contributed by atoms with E-state index in [1.165, 1.54) is 0 Å². The van der Waals surface area contributed by atoms with Crippen molar-refractivity contribution in [3.05, 3.63) is 65.7 Å². The lowest BCUT2D eigenvalue weighted by Crippen LogP contribution is -2.20. The van der Waals surface area contributed by atoms with E-state index in [1.54, 1.807) is 30.3 Å². The molecule has 2 aromatic rings. The highest BCUT2D eigenvalue weighted by Gasteiger charge is 2.23. The summed E-state index contributed by atoms with van der Waals surface area (Å²) in [5.41, 5.74) is 2.45. The summed E-state index contributed by atoms with van der Waals surface area (Å²) in [5, 5.41) is 12.1. The molecule has 1 unspecified atom stereocenters. The van der Waals surface area contributed by atoms with Crippen molar-refractivity contribution in [3.63, 3.8) is 0 Å². The Morgan fingerprint density at radius 2 is 1.82 bits per heavy atom. The first kappa shape index (κ1) is 15.8. The molecule has 114 valence electrons. The van der Waals surface area contributed by atoms with Gasteiger partial charge in [-0.3, -0.25) is 9.59 Å². The Hall–Kier alpha value is -2.62. The smallest absolute Gasteiger partial charge is 0.311 e. The number of carbonyl (C=O) groups excluding carboxylic acids is 1. The van der Waals surface area contributed by atoms with Crippen molar-refractivity contribution in [1.82, 2.24) is 0 Å². The van der Waals surface area contributed by atoms with Crippen LogP contribution in [0.5, 0.6) is 0 Å². The second kappa shape index (κ2) is 7.41. The fourth-order valence-corrected chi connectivity index (χ4v) is 2.30. The lowest BCUT2D eigenvalue weighted by Gasteiger charge is -2.13. The van der Waals surface area contributed by atoms with Crippen LogP contribution in [0.3, 0.4) is 0 Å². The Morgan fingerprint density at radius 3 is 2.45 bits per heavy atom. The maximum Gasteiger partial charge on any atom is 0.311 e. The molecule has 2 N–H and O–H groups in total. The molecule has 0 radical (unpaired) electrons. The van der Waals surface area contributed by atoms with Gasteiger partial charge in [-0.05, 0) is 29.7 Å². The maximum absolute atomic E-state index is 12.1. The largest absolute Gasteiger partial charge is 0.481 e. The predicted molar refractivity (Wildman–Crippen MR) is 85.9 cm³/mol. The van der Waals surface area contributed by atoms with Gasteiger partial charge in [0.2, 0.25) is 5.91 Å². The third-order valence-electron chi connectivity index (χ3n) is 3.51. The normalized spacial score (nSPS) is 11.7. The Labute approximate surface area is 129 Å². The molecule has 22 heavy (non-hydrogen) atoms. The summed E-state index contributed by atoms with van der Waals surface area (Å²) in [6.07, 6.45) is 0.793. The minimum Gasteiger partial charge on any atom is -0.481 e. The molecule has 1 amide bonds. The zero-order valence-electron chi connectivity index (χ0n) is 12.5. The average molecular weight is 297 g/mol. The molecule has 0 spiro atoms. The summed E-state index contributed by atoms with van der Waals surface area (Å²) < 4.78 is 0. The number of carbonyl (C=O) groups is 2. The Kier molecular flexibility index (Phi) is 5.31. The Bertz CT molecular complexity index is 652. The van der Waals surface area contributed by atoms with E-state index in [1.807, 2.05) is 31.2 Å². The van der Waals surface area contributed by atoms with Crippen LogP contribution in [0.1, 0.15) is 30.4 Å². The summed E-state index contributed by atoms with van der Waals surface area (Å²) in [5.74, 6) is -2.14. The van der Waals surface area contributed by atoms with E-state index in [2.05, 4.69) is 5.32 Å². The standard InChI is InChI=1S/C18H19NO3/c1-2-13-7-6-10-15(11-13)19-17(20)12-16(18(21)22)14-8-4-3-5-9-14/h3-11,16H,2,12H2,1H3,(H,19,20)(H,21,22). The van der Waals surface area contributed by atoms with E-state index in [-0.39, 0.29) is 12.3 Å². The number of rotatable bonds is 6. The number of aliphatic carboxylic acids is 1. The van der Waals surface area contributed by atoms with Crippen molar-refractivity contribution in [1.29, 1.82) is 0 Å². The molecule has 0 aliphatic rings. The minimum atomic E-state index is -0.997. The van der Waals surface area contributed by atoms with Gasteiger partial charge in [0.25, 0.3) is 0 Å². The van der Waals surface area contributed by atoms with Crippen LogP contribution in [0.2, 0.25) is 0 Å². The van der Waals surface area contributed by atoms with Crippen LogP contribution < -0.4 is 5.32 Å². The van der Waals surface area contributed by atoms with Gasteiger partial charge < -0.3 is 10.4 Å². The van der Waals surface area contributed by atoms with E-state index in [0.29, 0.717) is 11.3 Å². The van der Waals surface area contributed by atoms with Crippen LogP contribution in [-0.2, 0) is 16.0 Å². The molecular formula is C18H19NO3. The van der Waals surface area contributed by atoms with Crippen LogP contribution in [0.15, 0.2) is 54.6 Å². The number of anilines is 1. The molecule has 0 bridgehead atoms. The van der Waals surface area contributed by atoms with Crippen molar-refractivity contribution in [2.45, 2.75) is 25.7 Å². The lowest BCUT2D eigenvalue weighted by atomic mass is 9.95. The zero-order chi connectivity index (χ0) is 15.9. The SMILES string of the molecule is CCc1cccc(NC(=O)CC(C(=O)O)c2ccccc2)c1. The molecule has 0 aliphatic carbocycles. The number of benzene rings is 2. The summed E-state index contributed by atoms with van der Waals surface area (Å²) in [6, 6.07) is 16.4. The van der Waals surface area contributed by atoms with Crippen LogP contribution in [0.4, 0.5) is 5.69 Å². The van der Waals surface area contributed by atoms with Crippen molar-refractivity contribution in [3.8, 4) is 0 Å². The molecule has 0 aromatic heterocycles. The first-order valence-electron chi connectivity index (χ1n) is 7.26. The second-order valence-corrected chi connectivity index (χ2v) is 5.11. The molecule has 0 heterocycles. The first-order valence-corrected chi connectivity index (χ1v) is 7.26. The van der Waals surface area contributed by atoms with Crippen molar-refractivity contribution >= 4 is 17.6 Å². The van der Waals surface area contributed by atoms with E-state index in [4.69, 9.17) is 0 Å². The highest BCUT2D eigenvalue weighted by atomic mass is 16.4. The van der Waals surface area contributed by atoms with Gasteiger partial charge in [0.15, 0.2) is 0 Å². The number of carboxylic acid groups (broad SMARTS) is 1. The van der Waals surface area contributed by atoms with Gasteiger partial charge >= 0.3 is 5.97 Å². The van der Waals surface area contributed by atoms with E-state index < -0.39 is 11.9 Å². The molecular weight excluding hydrogens is 278 g/mol. The Balaban J connectivity index is 2.07. The number of hydrogen-bond acceptors (Lipinski definition) is 2. The third kappa shape index (κ3) is 4.19. The molecule has 0 saturated heterocycles. The quantitative estimate of drug-likeness (QED) is 0.858. The molecule has 1 atom stereocenters. The van der Waals surface area contributed by atoms with Crippen molar-refractivity contribution < 1.29 is 14.7 Å². The van der Waals surface area contributed by atoms with E-state index in [0.717, 1.165) is 12.0 Å². The van der Waals surface area contributed by atoms with E-state index >= 15 is 0 Å². The molecule has 2 rings (SSSR count). The predicted octanol–water partition coefficient (Wildman–Crippen LogP) is 3.45. The van der Waals surface area contributed by atoms with Gasteiger partial charge in [-0.1, -0.05) is 49.4 Å². The van der Waals surface area contributed by atoms with Crippen LogP contribution in [-0.4, -0.2) is 17.0 Å². The molecule has 4 heteroatoms. The van der Waals surface area contributed by atoms with Gasteiger partial charge in [0.1, 0.15) is 0 Å². The highest BCUT2D eigenvalue weighted by molar-refractivity contribution is 5.94. The molecule has 0 aliphatic heterocycles. The monoisotopic (exact) mass is 297 g/mol. The van der Waals surface area contributed by atoms with Crippen LogP contribution in [0.25, 0.3) is 0 Å². The minimum absolute atomic E-state index is 0.0876. The van der Waals surface area contributed by atoms with Crippen LogP contribution in [0, 0.1) is 0 Å². The fourth-order valence-electron chi connectivity index (χ4n) is 2.30. The number of carboxylic acids is 1. The Morgan fingerprint density at radius 1 is 1.09 bits per heavy atom. The first-order chi connectivity index (χ1) is 10.6. The summed E-state index contributed by atoms with van der Waals surface area (Å²) in [7, 11) is 0. The average Bonchev–Trinajstić information content (AvgIpc) is 2.53. The molecule has 2 aromatic carbocycles. The van der Waals surface area contributed by atoms with Gasteiger partial charge in [-0.2, -0.15) is 0 Å². The summed E-state index contributed by atoms with van der Waals surface area (Å²) in [6.45, 7) is 2.04. The van der Waals surface area contributed by atoms with Crippen molar-refractivity contribution in [2.75, 3.05) is 5.32 Å². The van der Waals surface area contributed by atoms with Gasteiger partial charge in [-0.15, -0.1) is 0 Å². The fraction of sp³-hybridized carbons (Fsp3) is 0.222. The van der Waals surface area contributed by atoms with Gasteiger partial charge in [-0.25, -0.2) is 0 Å². The number of hydrogen-bond donors (Lipinski definition) is 2. The van der Waals surface area contributed by atoms with Gasteiger partial charge in [0.05, 0.1) is 5.92 Å². The highest BCUT2D eigenvalue weighted by Crippen LogP contribution is 2.21. The van der Waals surface area contributed by atoms with Gasteiger partial charge in [0, 0.05) is 12.1 Å².